The molecule has 1 saturated heterocycles. The zero-order valence-corrected chi connectivity index (χ0v) is 12.7. The minimum absolute atomic E-state index is 0.500. The Morgan fingerprint density at radius 3 is 2.65 bits per heavy atom. The molecule has 0 bridgehead atoms. The van der Waals surface area contributed by atoms with Crippen LogP contribution in [0, 0.1) is 0 Å². The second-order valence-electron chi connectivity index (χ2n) is 6.24. The third-order valence-electron chi connectivity index (χ3n) is 3.64. The average Bonchev–Trinajstić information content (AvgIpc) is 2.40. The lowest BCUT2D eigenvalue weighted by Crippen LogP contribution is -2.45. The minimum Gasteiger partial charge on any atom is -0.497 e. The Bertz CT molecular complexity index is 421. The average molecular weight is 278 g/mol. The molecule has 0 amide bonds. The molecule has 1 aromatic rings. The number of aliphatic hydroxyl groups is 1. The molecule has 0 radical (unpaired) electrons. The van der Waals surface area contributed by atoms with Gasteiger partial charge in [0.05, 0.1) is 12.7 Å². The van der Waals surface area contributed by atoms with E-state index in [0.29, 0.717) is 6.04 Å². The van der Waals surface area contributed by atoms with Crippen molar-refractivity contribution in [3.05, 3.63) is 24.3 Å². The largest absolute Gasteiger partial charge is 0.497 e. The second kappa shape index (κ2) is 6.46. The number of hydrogen-bond donors (Lipinski definition) is 2. The van der Waals surface area contributed by atoms with Gasteiger partial charge in [0.2, 0.25) is 0 Å². The molecular formula is C16H26N2O2. The maximum absolute atomic E-state index is 9.86. The third-order valence-corrected chi connectivity index (χ3v) is 3.64. The Kier molecular flexibility index (Phi) is 4.89. The summed E-state index contributed by atoms with van der Waals surface area (Å²) in [5.74, 6) is 0.884. The zero-order valence-electron chi connectivity index (χ0n) is 12.7. The fourth-order valence-electron chi connectivity index (χ4n) is 2.73. The van der Waals surface area contributed by atoms with Gasteiger partial charge in [-0.1, -0.05) is 6.07 Å². The number of anilines is 1. The van der Waals surface area contributed by atoms with E-state index in [9.17, 15) is 5.11 Å². The maximum atomic E-state index is 9.86. The molecule has 1 fully saturated rings. The van der Waals surface area contributed by atoms with E-state index in [2.05, 4.69) is 16.3 Å². The van der Waals surface area contributed by atoms with E-state index in [0.717, 1.165) is 43.9 Å². The molecule has 0 atom stereocenters. The van der Waals surface area contributed by atoms with Crippen molar-refractivity contribution in [3.63, 3.8) is 0 Å². The number of β-amino-alcohol motifs (C(OH)–C–C–N with tert-alkyl or cyclic N) is 1. The summed E-state index contributed by atoms with van der Waals surface area (Å²) in [7, 11) is 1.69. The van der Waals surface area contributed by atoms with Crippen molar-refractivity contribution < 1.29 is 9.84 Å². The standard InChI is InChI=1S/C16H26N2O2/c1-16(2,19)12-18-9-7-13(8-10-18)17-14-5-4-6-15(11-14)20-3/h4-6,11,13,17,19H,7-10,12H2,1-3H3. The number of rotatable bonds is 5. The lowest BCUT2D eigenvalue weighted by atomic mass is 10.0. The van der Waals surface area contributed by atoms with Crippen molar-refractivity contribution in [3.8, 4) is 5.75 Å². The summed E-state index contributed by atoms with van der Waals surface area (Å²) in [4.78, 5) is 2.34. The summed E-state index contributed by atoms with van der Waals surface area (Å²) in [5.41, 5.74) is 0.512. The van der Waals surface area contributed by atoms with Gasteiger partial charge < -0.3 is 20.1 Å². The Morgan fingerprint density at radius 1 is 1.35 bits per heavy atom. The molecule has 1 heterocycles. The quantitative estimate of drug-likeness (QED) is 0.868. The molecule has 1 aromatic carbocycles. The zero-order chi connectivity index (χ0) is 14.6. The van der Waals surface area contributed by atoms with Crippen LogP contribution < -0.4 is 10.1 Å². The fraction of sp³-hybridized carbons (Fsp3) is 0.625. The number of benzene rings is 1. The molecule has 1 aliphatic rings. The molecule has 20 heavy (non-hydrogen) atoms. The van der Waals surface area contributed by atoms with Gasteiger partial charge in [0.15, 0.2) is 0 Å². The highest BCUT2D eigenvalue weighted by Gasteiger charge is 2.23. The molecule has 0 spiro atoms. The monoisotopic (exact) mass is 278 g/mol. The van der Waals surface area contributed by atoms with Crippen LogP contribution in [0.3, 0.4) is 0 Å². The number of nitrogens with zero attached hydrogens (tertiary/aromatic N) is 1. The molecule has 1 aliphatic heterocycles. The molecule has 112 valence electrons. The first-order chi connectivity index (χ1) is 9.46. The van der Waals surface area contributed by atoms with Gasteiger partial charge in [0.1, 0.15) is 5.75 Å². The number of nitrogens with one attached hydrogen (secondary N) is 1. The van der Waals surface area contributed by atoms with Gasteiger partial charge in [-0.15, -0.1) is 0 Å². The Morgan fingerprint density at radius 2 is 2.05 bits per heavy atom. The van der Waals surface area contributed by atoms with Gasteiger partial charge in [-0.25, -0.2) is 0 Å². The molecule has 0 aliphatic carbocycles. The smallest absolute Gasteiger partial charge is 0.120 e. The fourth-order valence-corrected chi connectivity index (χ4v) is 2.73. The van der Waals surface area contributed by atoms with E-state index in [1.54, 1.807) is 7.11 Å². The van der Waals surface area contributed by atoms with Crippen LogP contribution in [0.5, 0.6) is 5.75 Å². The lowest BCUT2D eigenvalue weighted by Gasteiger charge is -2.35. The topological polar surface area (TPSA) is 44.7 Å². The lowest BCUT2D eigenvalue weighted by molar-refractivity contribution is 0.0291. The van der Waals surface area contributed by atoms with Crippen molar-refractivity contribution in [2.45, 2.75) is 38.3 Å². The Labute approximate surface area is 121 Å². The summed E-state index contributed by atoms with van der Waals surface area (Å²) in [5, 5.41) is 13.4. The predicted molar refractivity (Wildman–Crippen MR) is 82.4 cm³/mol. The first-order valence-corrected chi connectivity index (χ1v) is 7.31. The van der Waals surface area contributed by atoms with E-state index in [-0.39, 0.29) is 0 Å². The molecule has 0 saturated carbocycles. The van der Waals surface area contributed by atoms with Gasteiger partial charge in [-0.3, -0.25) is 0 Å². The number of ether oxygens (including phenoxy) is 1. The summed E-state index contributed by atoms with van der Waals surface area (Å²) < 4.78 is 5.24. The van der Waals surface area contributed by atoms with E-state index < -0.39 is 5.60 Å². The van der Waals surface area contributed by atoms with Crippen LogP contribution in [-0.2, 0) is 0 Å². The first-order valence-electron chi connectivity index (χ1n) is 7.31. The maximum Gasteiger partial charge on any atom is 0.120 e. The Hall–Kier alpha value is -1.26. The number of likely N-dealkylation sites (tertiary alicyclic amines) is 1. The highest BCUT2D eigenvalue weighted by Crippen LogP contribution is 2.21. The molecule has 4 heteroatoms. The predicted octanol–water partition coefficient (Wildman–Crippen LogP) is 2.34. The van der Waals surface area contributed by atoms with E-state index >= 15 is 0 Å². The molecule has 2 N–H and O–H groups in total. The molecular weight excluding hydrogens is 252 g/mol. The summed E-state index contributed by atoms with van der Waals surface area (Å²) in [6.07, 6.45) is 2.21. The van der Waals surface area contributed by atoms with Gasteiger partial charge in [0, 0.05) is 37.4 Å². The van der Waals surface area contributed by atoms with Gasteiger partial charge in [-0.05, 0) is 38.8 Å². The van der Waals surface area contributed by atoms with Crippen molar-refractivity contribution in [2.24, 2.45) is 0 Å². The summed E-state index contributed by atoms with van der Waals surface area (Å²) >= 11 is 0. The van der Waals surface area contributed by atoms with Crippen molar-refractivity contribution in [1.29, 1.82) is 0 Å². The number of methoxy groups -OCH3 is 1. The highest BCUT2D eigenvalue weighted by molar-refractivity contribution is 5.48. The number of hydrogen-bond acceptors (Lipinski definition) is 4. The third kappa shape index (κ3) is 4.69. The molecule has 0 unspecified atom stereocenters. The van der Waals surface area contributed by atoms with E-state index in [1.165, 1.54) is 0 Å². The molecule has 2 rings (SSSR count). The SMILES string of the molecule is COc1cccc(NC2CCN(CC(C)(C)O)CC2)c1. The van der Waals surface area contributed by atoms with Gasteiger partial charge in [0.25, 0.3) is 0 Å². The van der Waals surface area contributed by atoms with Crippen molar-refractivity contribution in [1.82, 2.24) is 4.90 Å². The van der Waals surface area contributed by atoms with Gasteiger partial charge in [-0.2, -0.15) is 0 Å². The Balaban J connectivity index is 1.82. The van der Waals surface area contributed by atoms with Crippen molar-refractivity contribution in [2.75, 3.05) is 32.1 Å². The van der Waals surface area contributed by atoms with Crippen molar-refractivity contribution >= 4 is 5.69 Å². The first kappa shape index (κ1) is 15.1. The van der Waals surface area contributed by atoms with E-state index in [4.69, 9.17) is 4.74 Å². The summed E-state index contributed by atoms with van der Waals surface area (Å²) in [6.45, 7) is 6.55. The normalized spacial score (nSPS) is 18.0. The minimum atomic E-state index is -0.604. The van der Waals surface area contributed by atoms with Crippen LogP contribution in [-0.4, -0.2) is 48.4 Å². The molecule has 4 nitrogen and oxygen atoms in total. The summed E-state index contributed by atoms with van der Waals surface area (Å²) in [6, 6.07) is 8.57. The van der Waals surface area contributed by atoms with Crippen LogP contribution in [0.25, 0.3) is 0 Å². The second-order valence-corrected chi connectivity index (χ2v) is 6.24. The molecule has 0 aromatic heterocycles. The number of piperidine rings is 1. The van der Waals surface area contributed by atoms with E-state index in [1.807, 2.05) is 32.0 Å². The van der Waals surface area contributed by atoms with Crippen LogP contribution in [0.15, 0.2) is 24.3 Å². The van der Waals surface area contributed by atoms with Gasteiger partial charge >= 0.3 is 0 Å². The van der Waals surface area contributed by atoms with Crippen LogP contribution in [0.4, 0.5) is 5.69 Å². The van der Waals surface area contributed by atoms with Crippen LogP contribution in [0.1, 0.15) is 26.7 Å². The highest BCUT2D eigenvalue weighted by atomic mass is 16.5. The van der Waals surface area contributed by atoms with Crippen LogP contribution >= 0.6 is 0 Å². The van der Waals surface area contributed by atoms with Crippen LogP contribution in [0.2, 0.25) is 0 Å².